The molecule has 2 aliphatic heterocycles. The van der Waals surface area contributed by atoms with E-state index in [2.05, 4.69) is 23.8 Å². The van der Waals surface area contributed by atoms with Crippen molar-refractivity contribution >= 4 is 5.91 Å². The van der Waals surface area contributed by atoms with Crippen LogP contribution in [0.5, 0.6) is 0 Å². The second kappa shape index (κ2) is 8.71. The molecule has 2 rings (SSSR count). The van der Waals surface area contributed by atoms with E-state index >= 15 is 0 Å². The van der Waals surface area contributed by atoms with Gasteiger partial charge in [0.25, 0.3) is 0 Å². The van der Waals surface area contributed by atoms with Gasteiger partial charge < -0.3 is 14.5 Å². The third-order valence-electron chi connectivity index (χ3n) is 4.51. The highest BCUT2D eigenvalue weighted by Gasteiger charge is 2.27. The topological polar surface area (TPSA) is 36.0 Å². The van der Waals surface area contributed by atoms with E-state index < -0.39 is 0 Å². The van der Waals surface area contributed by atoms with Crippen LogP contribution in [-0.2, 0) is 9.53 Å². The summed E-state index contributed by atoms with van der Waals surface area (Å²) in [5.74, 6) is 0.841. The fourth-order valence-corrected chi connectivity index (χ4v) is 3.14. The first-order chi connectivity index (χ1) is 10.2. The van der Waals surface area contributed by atoms with Crippen LogP contribution in [0.15, 0.2) is 0 Å². The molecule has 0 aromatic carbocycles. The molecule has 2 aliphatic rings. The molecule has 2 saturated heterocycles. The van der Waals surface area contributed by atoms with Gasteiger partial charge in [-0.1, -0.05) is 6.92 Å². The Morgan fingerprint density at radius 2 is 2.05 bits per heavy atom. The number of likely N-dealkylation sites (tertiary alicyclic amines) is 1. The zero-order valence-electron chi connectivity index (χ0n) is 13.7. The first-order valence-corrected chi connectivity index (χ1v) is 8.45. The molecule has 0 unspecified atom stereocenters. The van der Waals surface area contributed by atoms with Crippen LogP contribution in [0.4, 0.5) is 0 Å². The second-order valence-corrected chi connectivity index (χ2v) is 6.50. The fraction of sp³-hybridized carbons (Fsp3) is 0.938. The Morgan fingerprint density at radius 3 is 2.86 bits per heavy atom. The van der Waals surface area contributed by atoms with Gasteiger partial charge in [-0.3, -0.25) is 9.69 Å². The van der Waals surface area contributed by atoms with Gasteiger partial charge in [0.2, 0.25) is 5.91 Å². The molecule has 122 valence electrons. The molecule has 0 N–H and O–H groups in total. The van der Waals surface area contributed by atoms with E-state index in [4.69, 9.17) is 4.74 Å². The Bertz CT molecular complexity index is 325. The summed E-state index contributed by atoms with van der Waals surface area (Å²) in [6.45, 7) is 10.4. The highest BCUT2D eigenvalue weighted by atomic mass is 16.5. The normalized spacial score (nSPS) is 25.2. The van der Waals surface area contributed by atoms with E-state index in [1.165, 1.54) is 0 Å². The lowest BCUT2D eigenvalue weighted by Gasteiger charge is -2.23. The molecule has 0 bridgehead atoms. The van der Waals surface area contributed by atoms with Crippen molar-refractivity contribution in [1.29, 1.82) is 0 Å². The van der Waals surface area contributed by atoms with Crippen molar-refractivity contribution in [3.63, 3.8) is 0 Å². The predicted molar refractivity (Wildman–Crippen MR) is 84.4 cm³/mol. The fourth-order valence-electron chi connectivity index (χ4n) is 3.14. The Morgan fingerprint density at radius 1 is 1.19 bits per heavy atom. The van der Waals surface area contributed by atoms with Gasteiger partial charge in [-0.25, -0.2) is 0 Å². The number of amides is 1. The lowest BCUT2D eigenvalue weighted by Crippen LogP contribution is -2.40. The number of hydrogen-bond acceptors (Lipinski definition) is 4. The van der Waals surface area contributed by atoms with Crippen molar-refractivity contribution < 1.29 is 9.53 Å². The van der Waals surface area contributed by atoms with Gasteiger partial charge in [-0.05, 0) is 39.4 Å². The quantitative estimate of drug-likeness (QED) is 0.683. The van der Waals surface area contributed by atoms with Gasteiger partial charge in [0.05, 0.1) is 13.2 Å². The summed E-state index contributed by atoms with van der Waals surface area (Å²) >= 11 is 0. The summed E-state index contributed by atoms with van der Waals surface area (Å²) in [4.78, 5) is 19.1. The van der Waals surface area contributed by atoms with Crippen molar-refractivity contribution in [3.05, 3.63) is 0 Å². The van der Waals surface area contributed by atoms with Gasteiger partial charge in [-0.2, -0.15) is 0 Å². The van der Waals surface area contributed by atoms with Crippen LogP contribution in [-0.4, -0.2) is 86.7 Å². The van der Waals surface area contributed by atoms with Gasteiger partial charge in [0.1, 0.15) is 0 Å². The Labute approximate surface area is 129 Å². The number of carbonyl (C=O) groups excluding carboxylic acids is 1. The number of carbonyl (C=O) groups is 1. The van der Waals surface area contributed by atoms with Crippen LogP contribution >= 0.6 is 0 Å². The summed E-state index contributed by atoms with van der Waals surface area (Å²) in [5, 5.41) is 0. The van der Waals surface area contributed by atoms with E-state index in [1.54, 1.807) is 0 Å². The van der Waals surface area contributed by atoms with Gasteiger partial charge in [-0.15, -0.1) is 0 Å². The summed E-state index contributed by atoms with van der Waals surface area (Å²) in [6, 6.07) is 0. The standard InChI is InChI=1S/C16H31N3O2/c1-3-11-21-14-15-5-8-19(12-15)16(20)13-18-7-4-6-17(2)9-10-18/h15H,3-14H2,1-2H3/t15-/m1/s1. The van der Waals surface area contributed by atoms with Gasteiger partial charge >= 0.3 is 0 Å². The SMILES string of the molecule is CCCOC[C@@H]1CCN(C(=O)CN2CCCN(C)CC2)C1. The molecule has 0 radical (unpaired) electrons. The Hall–Kier alpha value is -0.650. The van der Waals surface area contributed by atoms with Crippen molar-refractivity contribution in [2.45, 2.75) is 26.2 Å². The number of hydrogen-bond donors (Lipinski definition) is 0. The van der Waals surface area contributed by atoms with Crippen LogP contribution in [0.1, 0.15) is 26.2 Å². The molecule has 1 amide bonds. The molecule has 2 heterocycles. The van der Waals surface area contributed by atoms with Crippen LogP contribution in [0.2, 0.25) is 0 Å². The number of nitrogens with zero attached hydrogens (tertiary/aromatic N) is 3. The molecular formula is C16H31N3O2. The average molecular weight is 297 g/mol. The van der Waals surface area contributed by atoms with E-state index in [0.717, 1.165) is 71.7 Å². The van der Waals surface area contributed by atoms with Gasteiger partial charge in [0, 0.05) is 38.7 Å². The van der Waals surface area contributed by atoms with E-state index in [9.17, 15) is 4.79 Å². The Balaban J connectivity index is 1.69. The number of likely N-dealkylation sites (N-methyl/N-ethyl adjacent to an activating group) is 1. The largest absolute Gasteiger partial charge is 0.381 e. The van der Waals surface area contributed by atoms with E-state index in [1.807, 2.05) is 4.90 Å². The van der Waals surface area contributed by atoms with Crippen LogP contribution < -0.4 is 0 Å². The smallest absolute Gasteiger partial charge is 0.236 e. The molecule has 5 heteroatoms. The van der Waals surface area contributed by atoms with Gasteiger partial charge in [0.15, 0.2) is 0 Å². The molecule has 0 aliphatic carbocycles. The molecule has 0 aromatic rings. The number of ether oxygens (including phenoxy) is 1. The summed E-state index contributed by atoms with van der Waals surface area (Å²) < 4.78 is 5.62. The maximum absolute atomic E-state index is 12.4. The lowest BCUT2D eigenvalue weighted by molar-refractivity contribution is -0.131. The zero-order valence-corrected chi connectivity index (χ0v) is 13.7. The Kier molecular flexibility index (Phi) is 6.93. The summed E-state index contributed by atoms with van der Waals surface area (Å²) in [7, 11) is 2.16. The highest BCUT2D eigenvalue weighted by molar-refractivity contribution is 5.78. The molecular weight excluding hydrogens is 266 g/mol. The maximum Gasteiger partial charge on any atom is 0.236 e. The first-order valence-electron chi connectivity index (χ1n) is 8.45. The van der Waals surface area contributed by atoms with E-state index in [-0.39, 0.29) is 0 Å². The third kappa shape index (κ3) is 5.57. The van der Waals surface area contributed by atoms with Crippen LogP contribution in [0.3, 0.4) is 0 Å². The van der Waals surface area contributed by atoms with Crippen LogP contribution in [0.25, 0.3) is 0 Å². The van der Waals surface area contributed by atoms with Crippen molar-refractivity contribution in [2.24, 2.45) is 5.92 Å². The average Bonchev–Trinajstić information content (AvgIpc) is 2.84. The summed E-state index contributed by atoms with van der Waals surface area (Å²) in [5.41, 5.74) is 0. The highest BCUT2D eigenvalue weighted by Crippen LogP contribution is 2.17. The zero-order chi connectivity index (χ0) is 15.1. The minimum absolute atomic E-state index is 0.303. The second-order valence-electron chi connectivity index (χ2n) is 6.50. The van der Waals surface area contributed by atoms with Crippen molar-refractivity contribution in [1.82, 2.24) is 14.7 Å². The molecule has 21 heavy (non-hydrogen) atoms. The first kappa shape index (κ1) is 16.7. The van der Waals surface area contributed by atoms with E-state index in [0.29, 0.717) is 18.4 Å². The van der Waals surface area contributed by atoms with Crippen molar-refractivity contribution in [3.8, 4) is 0 Å². The third-order valence-corrected chi connectivity index (χ3v) is 4.51. The lowest BCUT2D eigenvalue weighted by atomic mass is 10.1. The molecule has 1 atom stereocenters. The molecule has 0 aromatic heterocycles. The van der Waals surface area contributed by atoms with Crippen molar-refractivity contribution in [2.75, 3.05) is 66.1 Å². The molecule has 2 fully saturated rings. The summed E-state index contributed by atoms with van der Waals surface area (Å²) in [6.07, 6.45) is 3.33. The maximum atomic E-state index is 12.4. The molecule has 0 spiro atoms. The molecule has 0 saturated carbocycles. The minimum atomic E-state index is 0.303. The predicted octanol–water partition coefficient (Wildman–Crippen LogP) is 0.899. The number of rotatable bonds is 6. The minimum Gasteiger partial charge on any atom is -0.381 e. The monoisotopic (exact) mass is 297 g/mol. The molecule has 5 nitrogen and oxygen atoms in total. The van der Waals surface area contributed by atoms with Crippen LogP contribution in [0, 0.1) is 5.92 Å².